The lowest BCUT2D eigenvalue weighted by atomic mass is 10.1. The number of hydrogen-bond acceptors (Lipinski definition) is 2. The molecule has 1 rings (SSSR count). The van der Waals surface area contributed by atoms with Gasteiger partial charge in [0.05, 0.1) is 0 Å². The Labute approximate surface area is 89.2 Å². The zero-order chi connectivity index (χ0) is 12.2. The van der Waals surface area contributed by atoms with Crippen LogP contribution in [0.3, 0.4) is 0 Å². The smallest absolute Gasteiger partial charge is 0.433 e. The third-order valence-corrected chi connectivity index (χ3v) is 1.69. The summed E-state index contributed by atoms with van der Waals surface area (Å²) < 4.78 is 37.6. The summed E-state index contributed by atoms with van der Waals surface area (Å²) in [5.74, 6) is -1.40. The maximum atomic E-state index is 12.5. The number of halogens is 3. The van der Waals surface area contributed by atoms with Gasteiger partial charge < -0.3 is 5.11 Å². The lowest BCUT2D eigenvalue weighted by Crippen LogP contribution is -2.25. The summed E-state index contributed by atoms with van der Waals surface area (Å²) in [7, 11) is 0. The number of alkyl halides is 3. The van der Waals surface area contributed by atoms with Gasteiger partial charge in [-0.1, -0.05) is 30.3 Å². The van der Waals surface area contributed by atoms with Gasteiger partial charge in [0.15, 0.2) is 0 Å². The van der Waals surface area contributed by atoms with Crippen molar-refractivity contribution in [1.82, 2.24) is 0 Å². The van der Waals surface area contributed by atoms with E-state index in [1.165, 1.54) is 24.3 Å². The highest BCUT2D eigenvalue weighted by Gasteiger charge is 2.36. The Kier molecular flexibility index (Phi) is 3.65. The van der Waals surface area contributed by atoms with Crippen LogP contribution >= 0.6 is 0 Å². The molecule has 0 radical (unpaired) electrons. The molecule has 3 nitrogen and oxygen atoms in total. The molecule has 16 heavy (non-hydrogen) atoms. The molecular weight excluding hydrogens is 223 g/mol. The van der Waals surface area contributed by atoms with Gasteiger partial charge in [0.1, 0.15) is 12.3 Å². The normalized spacial score (nSPS) is 12.6. The van der Waals surface area contributed by atoms with E-state index in [1.807, 2.05) is 0 Å². The second-order valence-corrected chi connectivity index (χ2v) is 2.92. The summed E-state index contributed by atoms with van der Waals surface area (Å²) in [6.45, 7) is -0.899. The lowest BCUT2D eigenvalue weighted by molar-refractivity contribution is -0.135. The molecule has 0 spiro atoms. The zero-order valence-electron chi connectivity index (χ0n) is 8.03. The average Bonchev–Trinajstić information content (AvgIpc) is 2.17. The van der Waals surface area contributed by atoms with Crippen molar-refractivity contribution in [2.75, 3.05) is 6.54 Å². The van der Waals surface area contributed by atoms with Gasteiger partial charge in [0.2, 0.25) is 0 Å². The van der Waals surface area contributed by atoms with Gasteiger partial charge in [0.25, 0.3) is 0 Å². The van der Waals surface area contributed by atoms with Crippen LogP contribution in [0.2, 0.25) is 0 Å². The van der Waals surface area contributed by atoms with Gasteiger partial charge in [-0.3, -0.25) is 9.79 Å². The average molecular weight is 231 g/mol. The monoisotopic (exact) mass is 231 g/mol. The minimum absolute atomic E-state index is 0.142. The predicted molar refractivity (Wildman–Crippen MR) is 51.5 cm³/mol. The Hall–Kier alpha value is -1.85. The van der Waals surface area contributed by atoms with Gasteiger partial charge in [-0.25, -0.2) is 0 Å². The molecule has 0 fully saturated rings. The number of carbonyl (C=O) groups is 1. The Morgan fingerprint density at radius 1 is 1.25 bits per heavy atom. The number of aliphatic carboxylic acids is 1. The first-order chi connectivity index (χ1) is 7.41. The van der Waals surface area contributed by atoms with Crippen LogP contribution in [0, 0.1) is 0 Å². The molecule has 0 atom stereocenters. The first-order valence-electron chi connectivity index (χ1n) is 4.30. The molecule has 86 valence electrons. The summed E-state index contributed by atoms with van der Waals surface area (Å²) in [6.07, 6.45) is -4.66. The largest absolute Gasteiger partial charge is 0.480 e. The molecular formula is C10H8F3NO2. The Bertz CT molecular complexity index is 398. The number of rotatable bonds is 3. The van der Waals surface area contributed by atoms with Crippen molar-refractivity contribution in [3.63, 3.8) is 0 Å². The molecule has 0 heterocycles. The minimum Gasteiger partial charge on any atom is -0.480 e. The zero-order valence-corrected chi connectivity index (χ0v) is 8.03. The molecule has 6 heteroatoms. The highest BCUT2D eigenvalue weighted by atomic mass is 19.4. The number of benzene rings is 1. The molecule has 1 aromatic carbocycles. The van der Waals surface area contributed by atoms with E-state index < -0.39 is 24.4 Å². The molecule has 0 saturated carbocycles. The van der Waals surface area contributed by atoms with Gasteiger partial charge in [-0.2, -0.15) is 13.2 Å². The highest BCUT2D eigenvalue weighted by Crippen LogP contribution is 2.22. The number of hydrogen-bond donors (Lipinski definition) is 1. The topological polar surface area (TPSA) is 49.7 Å². The van der Waals surface area contributed by atoms with Crippen molar-refractivity contribution in [3.8, 4) is 0 Å². The van der Waals surface area contributed by atoms with Crippen LogP contribution in [-0.4, -0.2) is 29.5 Å². The molecule has 0 aliphatic carbocycles. The second kappa shape index (κ2) is 4.78. The predicted octanol–water partition coefficient (Wildman–Crippen LogP) is 2.12. The van der Waals surface area contributed by atoms with E-state index in [1.54, 1.807) is 6.07 Å². The Balaban J connectivity index is 3.07. The minimum atomic E-state index is -4.66. The third-order valence-electron chi connectivity index (χ3n) is 1.69. The highest BCUT2D eigenvalue weighted by molar-refractivity contribution is 6.05. The Morgan fingerprint density at radius 2 is 1.81 bits per heavy atom. The summed E-state index contributed by atoms with van der Waals surface area (Å²) in [6, 6.07) is 6.88. The van der Waals surface area contributed by atoms with E-state index in [0.717, 1.165) is 0 Å². The number of nitrogens with zero attached hydrogens (tertiary/aromatic N) is 1. The molecule has 1 aromatic rings. The lowest BCUT2D eigenvalue weighted by Gasteiger charge is -2.10. The van der Waals surface area contributed by atoms with Gasteiger partial charge >= 0.3 is 12.1 Å². The van der Waals surface area contributed by atoms with E-state index in [-0.39, 0.29) is 5.56 Å². The fourth-order valence-corrected chi connectivity index (χ4v) is 1.09. The first kappa shape index (κ1) is 12.2. The van der Waals surface area contributed by atoms with E-state index in [2.05, 4.69) is 4.99 Å². The van der Waals surface area contributed by atoms with E-state index in [9.17, 15) is 18.0 Å². The Morgan fingerprint density at radius 3 is 2.25 bits per heavy atom. The van der Waals surface area contributed by atoms with E-state index in [0.29, 0.717) is 0 Å². The fourth-order valence-electron chi connectivity index (χ4n) is 1.09. The molecule has 0 amide bonds. The van der Waals surface area contributed by atoms with Crippen LogP contribution in [0.5, 0.6) is 0 Å². The van der Waals surface area contributed by atoms with Crippen molar-refractivity contribution >= 4 is 11.7 Å². The van der Waals surface area contributed by atoms with Crippen LogP contribution in [0.25, 0.3) is 0 Å². The molecule has 1 N–H and O–H groups in total. The summed E-state index contributed by atoms with van der Waals surface area (Å²) >= 11 is 0. The quantitative estimate of drug-likeness (QED) is 0.810. The summed E-state index contributed by atoms with van der Waals surface area (Å²) in [5.41, 5.74) is -1.31. The van der Waals surface area contributed by atoms with Crippen LogP contribution in [0.15, 0.2) is 35.3 Å². The summed E-state index contributed by atoms with van der Waals surface area (Å²) in [5, 5.41) is 8.30. The number of aliphatic imine (C=N–C) groups is 1. The standard InChI is InChI=1S/C10H8F3NO2/c11-10(12,13)9(14-6-8(15)16)7-4-2-1-3-5-7/h1-5H,6H2,(H,15,16). The molecule has 0 aliphatic heterocycles. The fraction of sp³-hybridized carbons (Fsp3) is 0.200. The van der Waals surface area contributed by atoms with Gasteiger partial charge in [-0.05, 0) is 0 Å². The maximum Gasteiger partial charge on any atom is 0.433 e. The molecule has 0 bridgehead atoms. The van der Waals surface area contributed by atoms with E-state index >= 15 is 0 Å². The molecule has 0 aliphatic rings. The number of carboxylic acid groups (broad SMARTS) is 1. The van der Waals surface area contributed by atoms with Gasteiger partial charge in [0, 0.05) is 5.56 Å². The van der Waals surface area contributed by atoms with Crippen molar-refractivity contribution < 1.29 is 23.1 Å². The van der Waals surface area contributed by atoms with Crippen LogP contribution < -0.4 is 0 Å². The van der Waals surface area contributed by atoms with Crippen LogP contribution in [0.4, 0.5) is 13.2 Å². The number of carboxylic acids is 1. The molecule has 0 saturated heterocycles. The van der Waals surface area contributed by atoms with Crippen LogP contribution in [0.1, 0.15) is 5.56 Å². The van der Waals surface area contributed by atoms with Crippen LogP contribution in [-0.2, 0) is 4.79 Å². The third kappa shape index (κ3) is 3.38. The SMILES string of the molecule is O=C(O)CN=C(c1ccccc1)C(F)(F)F. The molecule has 0 unspecified atom stereocenters. The first-order valence-corrected chi connectivity index (χ1v) is 4.30. The van der Waals surface area contributed by atoms with Crippen molar-refractivity contribution in [2.45, 2.75) is 6.18 Å². The molecule has 0 aromatic heterocycles. The van der Waals surface area contributed by atoms with Gasteiger partial charge in [-0.15, -0.1) is 0 Å². The van der Waals surface area contributed by atoms with Crippen molar-refractivity contribution in [3.05, 3.63) is 35.9 Å². The summed E-state index contributed by atoms with van der Waals surface area (Å²) in [4.78, 5) is 13.2. The van der Waals surface area contributed by atoms with Crippen molar-refractivity contribution in [2.24, 2.45) is 4.99 Å². The van der Waals surface area contributed by atoms with E-state index in [4.69, 9.17) is 5.11 Å². The van der Waals surface area contributed by atoms with Crippen molar-refractivity contribution in [1.29, 1.82) is 0 Å². The second-order valence-electron chi connectivity index (χ2n) is 2.92. The maximum absolute atomic E-state index is 12.5.